The number of hydrogen-bond acceptors (Lipinski definition) is 6. The Morgan fingerprint density at radius 3 is 2.71 bits per heavy atom. The van der Waals surface area contributed by atoms with E-state index in [9.17, 15) is 0 Å². The number of nitrogens with zero attached hydrogens (tertiary/aromatic N) is 4. The number of nitrogens with one attached hydrogen (secondary N) is 1. The molecule has 0 amide bonds. The first-order chi connectivity index (χ1) is 15.1. The van der Waals surface area contributed by atoms with Gasteiger partial charge < -0.3 is 16.0 Å². The van der Waals surface area contributed by atoms with E-state index in [4.69, 9.17) is 5.73 Å². The minimum absolute atomic E-state index is 0.579. The van der Waals surface area contributed by atoms with Crippen LogP contribution in [0.1, 0.15) is 44.7 Å². The van der Waals surface area contributed by atoms with E-state index in [0.717, 1.165) is 47.3 Å². The lowest BCUT2D eigenvalue weighted by atomic mass is 9.88. The number of aromatic nitrogens is 2. The summed E-state index contributed by atoms with van der Waals surface area (Å²) in [4.78, 5) is 15.9. The van der Waals surface area contributed by atoms with Crippen LogP contribution in [-0.4, -0.2) is 54.3 Å². The molecule has 5 rings (SSSR count). The molecular weight excluding hydrogens is 384 g/mol. The van der Waals surface area contributed by atoms with Gasteiger partial charge in [-0.15, -0.1) is 0 Å². The monoisotopic (exact) mass is 420 g/mol. The van der Waals surface area contributed by atoms with Crippen LogP contribution in [0.2, 0.25) is 0 Å². The Morgan fingerprint density at radius 1 is 1.26 bits per heavy atom. The zero-order valence-electron chi connectivity index (χ0n) is 18.9. The molecular formula is C25H36N6. The van der Waals surface area contributed by atoms with Crippen LogP contribution < -0.4 is 11.1 Å². The number of allylic oxidation sites excluding steroid dienone is 4. The summed E-state index contributed by atoms with van der Waals surface area (Å²) in [5, 5.41) is 3.52. The van der Waals surface area contributed by atoms with E-state index in [0.29, 0.717) is 11.1 Å². The molecule has 0 radical (unpaired) electrons. The van der Waals surface area contributed by atoms with Gasteiger partial charge in [0.25, 0.3) is 0 Å². The zero-order valence-corrected chi connectivity index (χ0v) is 18.9. The van der Waals surface area contributed by atoms with E-state index in [2.05, 4.69) is 37.3 Å². The first kappa shape index (κ1) is 20.7. The summed E-state index contributed by atoms with van der Waals surface area (Å²) >= 11 is 0. The molecule has 3 aliphatic carbocycles. The van der Waals surface area contributed by atoms with Crippen molar-refractivity contribution in [2.45, 2.75) is 39.0 Å². The van der Waals surface area contributed by atoms with Gasteiger partial charge in [-0.3, -0.25) is 9.98 Å². The Hall–Kier alpha value is -2.21. The zero-order chi connectivity index (χ0) is 21.4. The Bertz CT molecular complexity index is 874. The fourth-order valence-electron chi connectivity index (χ4n) is 6.24. The lowest BCUT2D eigenvalue weighted by molar-refractivity contribution is 0.136. The van der Waals surface area contributed by atoms with Crippen molar-refractivity contribution >= 4 is 17.6 Å². The molecule has 166 valence electrons. The summed E-state index contributed by atoms with van der Waals surface area (Å²) in [6.07, 6.45) is 17.2. The standard InChI is InChI=1S/C25H36N6/c1-17(26)22(13-27-2)23-14-30-24(15-28-23)29-12-21-11-25(21)5-7-31(8-6-25)16-20-10-18-3-4-19(20)9-18/h3-4,13-15,18-21H,5-12,16,26H2,1-2H3,(H,29,30). The van der Waals surface area contributed by atoms with E-state index in [-0.39, 0.29) is 0 Å². The predicted octanol–water partition coefficient (Wildman–Crippen LogP) is 3.59. The van der Waals surface area contributed by atoms with Crippen LogP contribution in [0.3, 0.4) is 0 Å². The topological polar surface area (TPSA) is 79.4 Å². The molecule has 1 saturated heterocycles. The van der Waals surface area contributed by atoms with E-state index in [1.54, 1.807) is 19.5 Å². The number of rotatable bonds is 7. The molecule has 1 aromatic rings. The number of nitrogens with two attached hydrogens (primary N) is 1. The van der Waals surface area contributed by atoms with Crippen molar-refractivity contribution < 1.29 is 0 Å². The number of hydrogen-bond donors (Lipinski definition) is 2. The summed E-state index contributed by atoms with van der Waals surface area (Å²) in [5.74, 6) is 4.31. The first-order valence-corrected chi connectivity index (χ1v) is 11.9. The second kappa shape index (κ2) is 8.38. The summed E-state index contributed by atoms with van der Waals surface area (Å²) in [7, 11) is 1.73. The van der Waals surface area contributed by atoms with Gasteiger partial charge in [-0.05, 0) is 81.2 Å². The fourth-order valence-corrected chi connectivity index (χ4v) is 6.24. The summed E-state index contributed by atoms with van der Waals surface area (Å²) < 4.78 is 0. The molecule has 6 nitrogen and oxygen atoms in total. The third kappa shape index (κ3) is 4.27. The maximum Gasteiger partial charge on any atom is 0.144 e. The van der Waals surface area contributed by atoms with E-state index in [1.807, 2.05) is 13.1 Å². The minimum atomic E-state index is 0.579. The highest BCUT2D eigenvalue weighted by Crippen LogP contribution is 2.59. The van der Waals surface area contributed by atoms with Crippen LogP contribution in [0.25, 0.3) is 5.57 Å². The van der Waals surface area contributed by atoms with Crippen LogP contribution in [0.5, 0.6) is 0 Å². The quantitative estimate of drug-likeness (QED) is 0.520. The van der Waals surface area contributed by atoms with Gasteiger partial charge in [0.2, 0.25) is 0 Å². The average molecular weight is 421 g/mol. The molecule has 4 atom stereocenters. The highest BCUT2D eigenvalue weighted by Gasteiger charge is 2.54. The molecule has 6 heteroatoms. The molecule has 2 bridgehead atoms. The van der Waals surface area contributed by atoms with Crippen LogP contribution in [0.15, 0.2) is 35.2 Å². The number of likely N-dealkylation sites (tertiary alicyclic amines) is 1. The molecule has 3 fully saturated rings. The number of piperidine rings is 1. The lowest BCUT2D eigenvalue weighted by Crippen LogP contribution is -2.39. The van der Waals surface area contributed by atoms with Crippen LogP contribution >= 0.6 is 0 Å². The summed E-state index contributed by atoms with van der Waals surface area (Å²) in [6.45, 7) is 6.76. The molecule has 2 saturated carbocycles. The highest BCUT2D eigenvalue weighted by atomic mass is 15.1. The largest absolute Gasteiger partial charge is 0.402 e. The molecule has 4 aliphatic rings. The van der Waals surface area contributed by atoms with Crippen LogP contribution in [0, 0.1) is 29.1 Å². The van der Waals surface area contributed by atoms with Gasteiger partial charge >= 0.3 is 0 Å². The van der Waals surface area contributed by atoms with Crippen LogP contribution in [-0.2, 0) is 0 Å². The second-order valence-electron chi connectivity index (χ2n) is 10.3. The van der Waals surface area contributed by atoms with E-state index in [1.165, 1.54) is 51.7 Å². The Kier molecular flexibility index (Phi) is 5.59. The Balaban J connectivity index is 1.08. The van der Waals surface area contributed by atoms with E-state index < -0.39 is 0 Å². The van der Waals surface area contributed by atoms with Gasteiger partial charge in [-0.2, -0.15) is 0 Å². The van der Waals surface area contributed by atoms with Crippen molar-refractivity contribution in [3.8, 4) is 0 Å². The number of anilines is 1. The molecule has 1 aromatic heterocycles. The molecule has 31 heavy (non-hydrogen) atoms. The molecule has 0 aromatic carbocycles. The minimum Gasteiger partial charge on any atom is -0.402 e. The maximum atomic E-state index is 5.95. The summed E-state index contributed by atoms with van der Waals surface area (Å²) in [5.41, 5.74) is 8.82. The van der Waals surface area contributed by atoms with Crippen molar-refractivity contribution in [3.05, 3.63) is 35.9 Å². The van der Waals surface area contributed by atoms with Crippen LogP contribution in [0.4, 0.5) is 5.82 Å². The van der Waals surface area contributed by atoms with Gasteiger partial charge in [0.15, 0.2) is 0 Å². The third-order valence-electron chi connectivity index (χ3n) is 8.26. The fraction of sp³-hybridized carbons (Fsp3) is 0.640. The molecule has 3 N–H and O–H groups in total. The van der Waals surface area contributed by atoms with Crippen molar-refractivity contribution in [1.82, 2.24) is 14.9 Å². The third-order valence-corrected chi connectivity index (χ3v) is 8.26. The average Bonchev–Trinajstić information content (AvgIpc) is 3.08. The normalized spacial score (nSPS) is 32.1. The van der Waals surface area contributed by atoms with Gasteiger partial charge in [0.05, 0.1) is 18.1 Å². The predicted molar refractivity (Wildman–Crippen MR) is 127 cm³/mol. The molecule has 4 unspecified atom stereocenters. The van der Waals surface area contributed by atoms with Crippen molar-refractivity contribution in [1.29, 1.82) is 0 Å². The number of fused-ring (bicyclic) bond motifs is 2. The Morgan fingerprint density at radius 2 is 2.10 bits per heavy atom. The summed E-state index contributed by atoms with van der Waals surface area (Å²) in [6, 6.07) is 0. The highest BCUT2D eigenvalue weighted by molar-refractivity contribution is 6.09. The Labute approximate surface area is 186 Å². The smallest absolute Gasteiger partial charge is 0.144 e. The SMILES string of the molecule is CN=CC(=C(C)N)c1cnc(NCC2CC23CCN(CC2CC4C=CC2C4)CC3)cn1. The molecule has 1 spiro atoms. The lowest BCUT2D eigenvalue weighted by Gasteiger charge is -2.35. The second-order valence-corrected chi connectivity index (χ2v) is 10.3. The van der Waals surface area contributed by atoms with Gasteiger partial charge in [0.1, 0.15) is 5.82 Å². The number of aliphatic imine (C=N–C) groups is 1. The maximum absolute atomic E-state index is 5.95. The van der Waals surface area contributed by atoms with Gasteiger partial charge in [0, 0.05) is 37.6 Å². The van der Waals surface area contributed by atoms with Crippen molar-refractivity contribution in [2.75, 3.05) is 38.5 Å². The van der Waals surface area contributed by atoms with Gasteiger partial charge in [-0.1, -0.05) is 12.2 Å². The molecule has 1 aliphatic heterocycles. The first-order valence-electron chi connectivity index (χ1n) is 11.9. The van der Waals surface area contributed by atoms with Crippen molar-refractivity contribution in [2.24, 2.45) is 39.8 Å². The molecule has 2 heterocycles. The van der Waals surface area contributed by atoms with E-state index >= 15 is 0 Å². The van der Waals surface area contributed by atoms with Crippen molar-refractivity contribution in [3.63, 3.8) is 0 Å². The van der Waals surface area contributed by atoms with Gasteiger partial charge in [-0.25, -0.2) is 4.98 Å².